The first-order valence-electron chi connectivity index (χ1n) is 10.0. The van der Waals surface area contributed by atoms with Gasteiger partial charge in [0.05, 0.1) is 11.4 Å². The van der Waals surface area contributed by atoms with Crippen molar-refractivity contribution < 1.29 is 4.79 Å². The summed E-state index contributed by atoms with van der Waals surface area (Å²) in [5, 5.41) is 12.3. The van der Waals surface area contributed by atoms with Crippen LogP contribution in [0.3, 0.4) is 0 Å². The van der Waals surface area contributed by atoms with Crippen molar-refractivity contribution in [2.24, 2.45) is 0 Å². The minimum absolute atomic E-state index is 0.0914. The normalized spacial score (nSPS) is 11.4. The number of halogens is 1. The van der Waals surface area contributed by atoms with Gasteiger partial charge in [0.25, 0.3) is 0 Å². The molecule has 1 heterocycles. The Morgan fingerprint density at radius 3 is 2.52 bits per heavy atom. The van der Waals surface area contributed by atoms with Gasteiger partial charge in [0, 0.05) is 16.6 Å². The van der Waals surface area contributed by atoms with E-state index in [1.54, 1.807) is 0 Å². The van der Waals surface area contributed by atoms with Crippen molar-refractivity contribution in [3.05, 3.63) is 70.7 Å². The molecule has 0 unspecified atom stereocenters. The van der Waals surface area contributed by atoms with E-state index in [2.05, 4.69) is 83.1 Å². The summed E-state index contributed by atoms with van der Waals surface area (Å²) in [6.45, 7) is 13.0. The number of nitrogens with zero attached hydrogens (tertiary/aromatic N) is 3. The molecule has 0 fully saturated rings. The van der Waals surface area contributed by atoms with Crippen LogP contribution in [0.4, 0.5) is 5.69 Å². The Bertz CT molecular complexity index is 1080. The standard InChI is InChI=1S/C24H27BrN4OS/c1-6-13-29-22(17-8-10-18(11-9-17)24(3,4)5)27-28-23(29)31-15-21(30)26-20-12-7-16(2)14-19(20)25/h6-12,14H,1,13,15H2,2-5H3,(H,26,30). The van der Waals surface area contributed by atoms with Crippen molar-refractivity contribution in [2.75, 3.05) is 11.1 Å². The minimum Gasteiger partial charge on any atom is -0.324 e. The summed E-state index contributed by atoms with van der Waals surface area (Å²) in [5.74, 6) is 0.904. The molecule has 0 spiro atoms. The maximum absolute atomic E-state index is 12.5. The molecule has 162 valence electrons. The molecule has 31 heavy (non-hydrogen) atoms. The maximum Gasteiger partial charge on any atom is 0.234 e. The lowest BCUT2D eigenvalue weighted by Crippen LogP contribution is -2.15. The first-order valence-corrected chi connectivity index (χ1v) is 11.8. The third-order valence-corrected chi connectivity index (χ3v) is 6.39. The van der Waals surface area contributed by atoms with Crippen molar-refractivity contribution in [3.63, 3.8) is 0 Å². The third-order valence-electron chi connectivity index (χ3n) is 4.77. The van der Waals surface area contributed by atoms with Crippen LogP contribution in [0.1, 0.15) is 31.9 Å². The van der Waals surface area contributed by atoms with Crippen LogP contribution in [0.25, 0.3) is 11.4 Å². The van der Waals surface area contributed by atoms with Gasteiger partial charge in [-0.25, -0.2) is 0 Å². The first kappa shape index (κ1) is 23.3. The van der Waals surface area contributed by atoms with Gasteiger partial charge >= 0.3 is 0 Å². The number of hydrogen-bond donors (Lipinski definition) is 1. The molecule has 5 nitrogen and oxygen atoms in total. The van der Waals surface area contributed by atoms with E-state index in [1.165, 1.54) is 17.3 Å². The maximum atomic E-state index is 12.5. The number of rotatable bonds is 7. The average Bonchev–Trinajstić information content (AvgIpc) is 3.11. The van der Waals surface area contributed by atoms with E-state index in [-0.39, 0.29) is 17.1 Å². The van der Waals surface area contributed by atoms with Gasteiger partial charge < -0.3 is 5.32 Å². The smallest absolute Gasteiger partial charge is 0.234 e. The molecule has 0 radical (unpaired) electrons. The molecule has 0 saturated heterocycles. The first-order chi connectivity index (χ1) is 14.7. The highest BCUT2D eigenvalue weighted by Gasteiger charge is 2.17. The monoisotopic (exact) mass is 498 g/mol. The lowest BCUT2D eigenvalue weighted by atomic mass is 9.87. The molecule has 0 aliphatic carbocycles. The molecule has 1 aromatic heterocycles. The van der Waals surface area contributed by atoms with Gasteiger partial charge in [0.1, 0.15) is 0 Å². The molecule has 7 heteroatoms. The number of aryl methyl sites for hydroxylation is 1. The Morgan fingerprint density at radius 1 is 1.19 bits per heavy atom. The average molecular weight is 499 g/mol. The highest BCUT2D eigenvalue weighted by atomic mass is 79.9. The Kier molecular flexibility index (Phi) is 7.38. The molecular weight excluding hydrogens is 472 g/mol. The number of carbonyl (C=O) groups excluding carboxylic acids is 1. The Labute approximate surface area is 196 Å². The van der Waals surface area contributed by atoms with Gasteiger partial charge in [-0.05, 0) is 51.5 Å². The van der Waals surface area contributed by atoms with Crippen LogP contribution in [-0.2, 0) is 16.8 Å². The van der Waals surface area contributed by atoms with E-state index in [0.29, 0.717) is 11.7 Å². The van der Waals surface area contributed by atoms with Crippen LogP contribution in [0.15, 0.2) is 64.7 Å². The number of amides is 1. The van der Waals surface area contributed by atoms with E-state index >= 15 is 0 Å². The summed E-state index contributed by atoms with van der Waals surface area (Å²) in [5.41, 5.74) is 4.22. The van der Waals surface area contributed by atoms with Crippen molar-refractivity contribution in [1.82, 2.24) is 14.8 Å². The van der Waals surface area contributed by atoms with E-state index in [0.717, 1.165) is 27.1 Å². The van der Waals surface area contributed by atoms with Gasteiger partial charge in [0.15, 0.2) is 11.0 Å². The highest BCUT2D eigenvalue weighted by molar-refractivity contribution is 9.10. The van der Waals surface area contributed by atoms with E-state index < -0.39 is 0 Å². The van der Waals surface area contributed by atoms with Gasteiger partial charge in [-0.2, -0.15) is 0 Å². The quantitative estimate of drug-likeness (QED) is 0.309. The van der Waals surface area contributed by atoms with Gasteiger partial charge in [-0.15, -0.1) is 16.8 Å². The van der Waals surface area contributed by atoms with Crippen molar-refractivity contribution in [1.29, 1.82) is 0 Å². The summed E-state index contributed by atoms with van der Waals surface area (Å²) in [7, 11) is 0. The molecular formula is C24H27BrN4OS. The fourth-order valence-electron chi connectivity index (χ4n) is 3.06. The van der Waals surface area contributed by atoms with Crippen LogP contribution in [-0.4, -0.2) is 26.4 Å². The zero-order valence-corrected chi connectivity index (χ0v) is 20.7. The molecule has 0 aliphatic heterocycles. The van der Waals surface area contributed by atoms with E-state index in [1.807, 2.05) is 35.8 Å². The lowest BCUT2D eigenvalue weighted by Gasteiger charge is -2.19. The molecule has 2 aromatic carbocycles. The Morgan fingerprint density at radius 2 is 1.90 bits per heavy atom. The molecule has 3 rings (SSSR count). The second kappa shape index (κ2) is 9.83. The number of carbonyl (C=O) groups is 1. The van der Waals surface area contributed by atoms with Crippen molar-refractivity contribution >= 4 is 39.3 Å². The zero-order valence-electron chi connectivity index (χ0n) is 18.3. The Balaban J connectivity index is 1.74. The summed E-state index contributed by atoms with van der Waals surface area (Å²) in [4.78, 5) is 12.5. The third kappa shape index (κ3) is 5.86. The molecule has 0 atom stereocenters. The molecule has 1 N–H and O–H groups in total. The summed E-state index contributed by atoms with van der Waals surface area (Å²) >= 11 is 4.85. The largest absolute Gasteiger partial charge is 0.324 e. The number of allylic oxidation sites excluding steroid dienone is 1. The second-order valence-corrected chi connectivity index (χ2v) is 10.1. The predicted octanol–water partition coefficient (Wildman–Crippen LogP) is 6.23. The van der Waals surface area contributed by atoms with E-state index in [4.69, 9.17) is 0 Å². The predicted molar refractivity (Wildman–Crippen MR) is 133 cm³/mol. The zero-order chi connectivity index (χ0) is 22.6. The molecule has 1 amide bonds. The number of thioether (sulfide) groups is 1. The van der Waals surface area contributed by atoms with Crippen LogP contribution in [0.2, 0.25) is 0 Å². The summed E-state index contributed by atoms with van der Waals surface area (Å²) in [6.07, 6.45) is 1.81. The van der Waals surface area contributed by atoms with Gasteiger partial charge in [0.2, 0.25) is 5.91 Å². The Hall–Kier alpha value is -2.38. The number of aromatic nitrogens is 3. The molecule has 0 saturated carbocycles. The highest BCUT2D eigenvalue weighted by Crippen LogP contribution is 2.28. The topological polar surface area (TPSA) is 59.8 Å². The SMILES string of the molecule is C=CCn1c(SCC(=O)Nc2ccc(C)cc2Br)nnc1-c1ccc(C(C)(C)C)cc1. The van der Waals surface area contributed by atoms with Gasteiger partial charge in [-0.3, -0.25) is 9.36 Å². The van der Waals surface area contributed by atoms with Crippen LogP contribution in [0.5, 0.6) is 0 Å². The number of benzene rings is 2. The van der Waals surface area contributed by atoms with Crippen molar-refractivity contribution in [2.45, 2.75) is 44.8 Å². The molecule has 0 aliphatic rings. The second-order valence-electron chi connectivity index (χ2n) is 8.35. The number of hydrogen-bond acceptors (Lipinski definition) is 4. The molecule has 0 bridgehead atoms. The van der Waals surface area contributed by atoms with Gasteiger partial charge in [-0.1, -0.05) is 68.9 Å². The molecule has 3 aromatic rings. The van der Waals surface area contributed by atoms with E-state index in [9.17, 15) is 4.79 Å². The number of nitrogens with one attached hydrogen (secondary N) is 1. The van der Waals surface area contributed by atoms with Crippen molar-refractivity contribution in [3.8, 4) is 11.4 Å². The van der Waals surface area contributed by atoms with Crippen LogP contribution in [0, 0.1) is 6.92 Å². The number of anilines is 1. The summed E-state index contributed by atoms with van der Waals surface area (Å²) < 4.78 is 2.85. The fraction of sp³-hybridized carbons (Fsp3) is 0.292. The fourth-order valence-corrected chi connectivity index (χ4v) is 4.40. The minimum atomic E-state index is -0.0983. The van der Waals surface area contributed by atoms with Crippen LogP contribution >= 0.6 is 27.7 Å². The van der Waals surface area contributed by atoms with Crippen LogP contribution < -0.4 is 5.32 Å². The lowest BCUT2D eigenvalue weighted by molar-refractivity contribution is -0.113. The summed E-state index contributed by atoms with van der Waals surface area (Å²) in [6, 6.07) is 14.2.